The minimum absolute atomic E-state index is 0. The minimum atomic E-state index is -0.306. The Hall–Kier alpha value is -2.05. The van der Waals surface area contributed by atoms with Crippen LogP contribution in [0.3, 0.4) is 0 Å². The molecule has 2 N–H and O–H groups in total. The molecule has 10 heteroatoms. The van der Waals surface area contributed by atoms with Gasteiger partial charge in [0, 0.05) is 52.0 Å². The molecule has 4 rings (SSSR count). The normalized spacial score (nSPS) is 20.3. The van der Waals surface area contributed by atoms with E-state index in [4.69, 9.17) is 4.74 Å². The number of hydrogen-bond donors (Lipinski definition) is 2. The van der Waals surface area contributed by atoms with E-state index in [1.54, 1.807) is 31.4 Å². The summed E-state index contributed by atoms with van der Waals surface area (Å²) < 4.78 is 33.5. The first kappa shape index (κ1) is 25.6. The summed E-state index contributed by atoms with van der Waals surface area (Å²) in [6.45, 7) is 4.87. The Bertz CT molecular complexity index is 927. The van der Waals surface area contributed by atoms with Crippen molar-refractivity contribution in [3.05, 3.63) is 59.8 Å². The number of aliphatic imine (C=N–C) groups is 1. The molecule has 0 bridgehead atoms. The van der Waals surface area contributed by atoms with Crippen molar-refractivity contribution < 1.29 is 13.5 Å². The SMILES string of the molecule is CN=C(NCC(c1cccc(F)c1)N1CCOCC1)NC1CCN(c2ncccc2F)C1.I. The first-order valence-electron chi connectivity index (χ1n) is 11.0. The van der Waals surface area contributed by atoms with Crippen LogP contribution in [-0.2, 0) is 4.74 Å². The van der Waals surface area contributed by atoms with Gasteiger partial charge in [-0.2, -0.15) is 0 Å². The first-order chi connectivity index (χ1) is 15.6. The molecule has 2 fully saturated rings. The molecule has 0 saturated carbocycles. The summed E-state index contributed by atoms with van der Waals surface area (Å²) in [5, 5.41) is 6.84. The zero-order valence-corrected chi connectivity index (χ0v) is 21.0. The largest absolute Gasteiger partial charge is 0.379 e. The van der Waals surface area contributed by atoms with E-state index in [1.165, 1.54) is 12.1 Å². The number of nitrogens with zero attached hydrogens (tertiary/aromatic N) is 4. The number of morpholine rings is 1. The highest BCUT2D eigenvalue weighted by Gasteiger charge is 2.27. The number of rotatable bonds is 6. The number of guanidine groups is 1. The lowest BCUT2D eigenvalue weighted by Gasteiger charge is -2.35. The number of pyridine rings is 1. The molecule has 0 radical (unpaired) electrons. The van der Waals surface area contributed by atoms with Crippen LogP contribution in [0.4, 0.5) is 14.6 Å². The molecule has 33 heavy (non-hydrogen) atoms. The van der Waals surface area contributed by atoms with Crippen molar-refractivity contribution >= 4 is 35.8 Å². The van der Waals surface area contributed by atoms with Gasteiger partial charge in [0.25, 0.3) is 0 Å². The highest BCUT2D eigenvalue weighted by Crippen LogP contribution is 2.23. The van der Waals surface area contributed by atoms with Gasteiger partial charge in [-0.05, 0) is 36.2 Å². The van der Waals surface area contributed by atoms with Crippen molar-refractivity contribution in [1.82, 2.24) is 20.5 Å². The molecule has 2 atom stereocenters. The van der Waals surface area contributed by atoms with Gasteiger partial charge in [-0.1, -0.05) is 12.1 Å². The second kappa shape index (κ2) is 12.4. The summed E-state index contributed by atoms with van der Waals surface area (Å²) in [7, 11) is 1.73. The maximum Gasteiger partial charge on any atom is 0.191 e. The van der Waals surface area contributed by atoms with Gasteiger partial charge in [-0.3, -0.25) is 9.89 Å². The molecular formula is C23H31F2IN6O. The van der Waals surface area contributed by atoms with Crippen LogP contribution in [0.2, 0.25) is 0 Å². The Kier molecular flexibility index (Phi) is 9.63. The summed E-state index contributed by atoms with van der Waals surface area (Å²) in [4.78, 5) is 12.8. The van der Waals surface area contributed by atoms with Gasteiger partial charge in [0.1, 0.15) is 5.82 Å². The Morgan fingerprint density at radius 1 is 1.21 bits per heavy atom. The van der Waals surface area contributed by atoms with E-state index in [-0.39, 0.29) is 47.7 Å². The maximum absolute atomic E-state index is 14.1. The van der Waals surface area contributed by atoms with Crippen molar-refractivity contribution in [1.29, 1.82) is 0 Å². The molecule has 2 aromatic rings. The Labute approximate surface area is 210 Å². The molecule has 2 unspecified atom stereocenters. The first-order valence-corrected chi connectivity index (χ1v) is 11.0. The van der Waals surface area contributed by atoms with Gasteiger partial charge >= 0.3 is 0 Å². The van der Waals surface area contributed by atoms with Crippen molar-refractivity contribution in [2.24, 2.45) is 4.99 Å². The fraction of sp³-hybridized carbons (Fsp3) is 0.478. The van der Waals surface area contributed by atoms with Crippen LogP contribution < -0.4 is 15.5 Å². The number of benzene rings is 1. The lowest BCUT2D eigenvalue weighted by molar-refractivity contribution is 0.0169. The molecule has 1 aromatic carbocycles. The van der Waals surface area contributed by atoms with Crippen molar-refractivity contribution in [3.63, 3.8) is 0 Å². The Morgan fingerprint density at radius 3 is 2.76 bits per heavy atom. The highest BCUT2D eigenvalue weighted by molar-refractivity contribution is 14.0. The van der Waals surface area contributed by atoms with Crippen LogP contribution in [0.5, 0.6) is 0 Å². The van der Waals surface area contributed by atoms with Crippen LogP contribution in [-0.4, -0.2) is 74.9 Å². The maximum atomic E-state index is 14.1. The highest BCUT2D eigenvalue weighted by atomic mass is 127. The third kappa shape index (κ3) is 6.73. The molecule has 0 amide bonds. The van der Waals surface area contributed by atoms with Crippen molar-refractivity contribution in [2.75, 3.05) is 57.9 Å². The van der Waals surface area contributed by atoms with Crippen LogP contribution in [0.1, 0.15) is 18.0 Å². The average Bonchev–Trinajstić information content (AvgIpc) is 3.28. The lowest BCUT2D eigenvalue weighted by atomic mass is 10.0. The summed E-state index contributed by atoms with van der Waals surface area (Å²) in [6.07, 6.45) is 2.46. The Balaban J connectivity index is 0.00000306. The quantitative estimate of drug-likeness (QED) is 0.316. The van der Waals surface area contributed by atoms with E-state index in [0.29, 0.717) is 38.1 Å². The fourth-order valence-corrected chi connectivity index (χ4v) is 4.32. The molecule has 7 nitrogen and oxygen atoms in total. The molecule has 2 aliphatic rings. The standard InChI is InChI=1S/C23H30F2N6O.HI/c1-26-23(29-19-7-9-31(16-19)22-20(25)6-3-8-27-22)28-15-21(30-10-12-32-13-11-30)17-4-2-5-18(24)14-17;/h2-6,8,14,19,21H,7,9-13,15-16H2,1H3,(H2,26,28,29);1H. The number of aromatic nitrogens is 1. The fourth-order valence-electron chi connectivity index (χ4n) is 4.32. The van der Waals surface area contributed by atoms with Crippen LogP contribution in [0, 0.1) is 11.6 Å². The predicted molar refractivity (Wildman–Crippen MR) is 136 cm³/mol. The topological polar surface area (TPSA) is 65.0 Å². The Morgan fingerprint density at radius 2 is 2.03 bits per heavy atom. The predicted octanol–water partition coefficient (Wildman–Crippen LogP) is 2.80. The van der Waals surface area contributed by atoms with E-state index in [1.807, 2.05) is 11.0 Å². The average molecular weight is 572 g/mol. The van der Waals surface area contributed by atoms with Crippen LogP contribution in [0.25, 0.3) is 0 Å². The van der Waals surface area contributed by atoms with Gasteiger partial charge < -0.3 is 20.3 Å². The molecule has 3 heterocycles. The van der Waals surface area contributed by atoms with Gasteiger partial charge in [-0.15, -0.1) is 24.0 Å². The van der Waals surface area contributed by atoms with E-state index < -0.39 is 0 Å². The van der Waals surface area contributed by atoms with Gasteiger partial charge in [0.15, 0.2) is 17.6 Å². The number of halogens is 3. The zero-order valence-electron chi connectivity index (χ0n) is 18.7. The summed E-state index contributed by atoms with van der Waals surface area (Å²) >= 11 is 0. The van der Waals surface area contributed by atoms with Gasteiger partial charge in [-0.25, -0.2) is 13.8 Å². The molecule has 1 aromatic heterocycles. The van der Waals surface area contributed by atoms with E-state index in [9.17, 15) is 8.78 Å². The van der Waals surface area contributed by atoms with Crippen molar-refractivity contribution in [2.45, 2.75) is 18.5 Å². The molecule has 0 spiro atoms. The van der Waals surface area contributed by atoms with E-state index in [0.717, 1.165) is 31.6 Å². The van der Waals surface area contributed by atoms with E-state index in [2.05, 4.69) is 25.5 Å². The van der Waals surface area contributed by atoms with Crippen molar-refractivity contribution in [3.8, 4) is 0 Å². The van der Waals surface area contributed by atoms with Crippen LogP contribution >= 0.6 is 24.0 Å². The summed E-state index contributed by atoms with van der Waals surface area (Å²) in [6, 6.07) is 9.90. The third-order valence-electron chi connectivity index (χ3n) is 5.97. The second-order valence-electron chi connectivity index (χ2n) is 8.06. The smallest absolute Gasteiger partial charge is 0.191 e. The monoisotopic (exact) mass is 572 g/mol. The van der Waals surface area contributed by atoms with Crippen LogP contribution in [0.15, 0.2) is 47.6 Å². The number of anilines is 1. The summed E-state index contributed by atoms with van der Waals surface area (Å²) in [5.41, 5.74) is 0.924. The third-order valence-corrected chi connectivity index (χ3v) is 5.97. The molecule has 2 aliphatic heterocycles. The van der Waals surface area contributed by atoms with E-state index >= 15 is 0 Å². The molecule has 2 saturated heterocycles. The molecular weight excluding hydrogens is 541 g/mol. The number of ether oxygens (including phenoxy) is 1. The second-order valence-corrected chi connectivity index (χ2v) is 8.06. The molecule has 180 valence electrons. The summed E-state index contributed by atoms with van der Waals surface area (Å²) in [5.74, 6) is 0.515. The minimum Gasteiger partial charge on any atom is -0.379 e. The number of nitrogens with one attached hydrogen (secondary N) is 2. The zero-order chi connectivity index (χ0) is 22.3. The number of hydrogen-bond acceptors (Lipinski definition) is 5. The van der Waals surface area contributed by atoms with Gasteiger partial charge in [0.2, 0.25) is 0 Å². The van der Waals surface area contributed by atoms with Gasteiger partial charge in [0.05, 0.1) is 19.3 Å². The molecule has 0 aliphatic carbocycles. The lowest BCUT2D eigenvalue weighted by Crippen LogP contribution is -2.49.